The molecule has 0 atom stereocenters. The van der Waals surface area contributed by atoms with E-state index in [1.807, 2.05) is 0 Å². The van der Waals surface area contributed by atoms with Crippen LogP contribution in [0.25, 0.3) is 0 Å². The van der Waals surface area contributed by atoms with Crippen LogP contribution >= 0.6 is 0 Å². The van der Waals surface area contributed by atoms with Crippen LogP contribution in [0, 0.1) is 0 Å². The first-order chi connectivity index (χ1) is 5.45. The summed E-state index contributed by atoms with van der Waals surface area (Å²) in [5.41, 5.74) is -0.154. The fourth-order valence-electron chi connectivity index (χ4n) is 1.02. The van der Waals surface area contributed by atoms with Crippen molar-refractivity contribution in [2.45, 2.75) is 13.3 Å². The van der Waals surface area contributed by atoms with Crippen molar-refractivity contribution in [3.63, 3.8) is 0 Å². The van der Waals surface area contributed by atoms with Gasteiger partial charge in [-0.1, -0.05) is 6.92 Å². The fraction of sp³-hybridized carbons (Fsp3) is 0.500. The molecule has 1 rings (SSSR count). The Hall–Kier alpha value is 0.701. The van der Waals surface area contributed by atoms with Crippen molar-refractivity contribution < 1.29 is 64.3 Å². The summed E-state index contributed by atoms with van der Waals surface area (Å²) >= 11 is 0. The Morgan fingerprint density at radius 3 is 2.23 bits per heavy atom. The standard InChI is InChI=1S/C6H9BF3N2.K/c1-3-5-4-6(7(8,9)10)12(2)11-5;/h4H,3H2,1-2H3;/q-1;+1. The van der Waals surface area contributed by atoms with Crippen molar-refractivity contribution in [3.8, 4) is 0 Å². The van der Waals surface area contributed by atoms with E-state index in [2.05, 4.69) is 5.10 Å². The molecule has 1 aromatic rings. The van der Waals surface area contributed by atoms with Gasteiger partial charge in [0.1, 0.15) is 0 Å². The molecule has 0 radical (unpaired) electrons. The van der Waals surface area contributed by atoms with Gasteiger partial charge in [-0.3, -0.25) is 0 Å². The van der Waals surface area contributed by atoms with Crippen molar-refractivity contribution in [1.82, 2.24) is 9.78 Å². The van der Waals surface area contributed by atoms with Crippen LogP contribution in [0.4, 0.5) is 12.9 Å². The average molecular weight is 216 g/mol. The van der Waals surface area contributed by atoms with E-state index in [1.54, 1.807) is 6.92 Å². The number of nitrogens with zero attached hydrogens (tertiary/aromatic N) is 2. The summed E-state index contributed by atoms with van der Waals surface area (Å²) < 4.78 is 37.5. The van der Waals surface area contributed by atoms with Crippen LogP contribution in [0.15, 0.2) is 6.07 Å². The van der Waals surface area contributed by atoms with Gasteiger partial charge in [-0.25, -0.2) is 0 Å². The summed E-state index contributed by atoms with van der Waals surface area (Å²) in [7, 11) is 1.31. The summed E-state index contributed by atoms with van der Waals surface area (Å²) in [6.45, 7) is -3.14. The number of aromatic nitrogens is 2. The van der Waals surface area contributed by atoms with Crippen LogP contribution in [-0.2, 0) is 13.5 Å². The maximum Gasteiger partial charge on any atom is 1.00 e. The van der Waals surface area contributed by atoms with E-state index in [1.165, 1.54) is 7.05 Å². The number of aryl methyl sites for hydroxylation is 2. The van der Waals surface area contributed by atoms with E-state index >= 15 is 0 Å². The van der Waals surface area contributed by atoms with Crippen molar-refractivity contribution in [2.24, 2.45) is 7.05 Å². The minimum absolute atomic E-state index is 0. The minimum atomic E-state index is -4.92. The minimum Gasteiger partial charge on any atom is -0.444 e. The van der Waals surface area contributed by atoms with Crippen molar-refractivity contribution in [3.05, 3.63) is 11.8 Å². The smallest absolute Gasteiger partial charge is 0.444 e. The first-order valence-corrected chi connectivity index (χ1v) is 3.68. The summed E-state index contributed by atoms with van der Waals surface area (Å²) in [6, 6.07) is 1.10. The molecule has 0 spiro atoms. The van der Waals surface area contributed by atoms with Crippen LogP contribution in [0.2, 0.25) is 0 Å². The van der Waals surface area contributed by atoms with Gasteiger partial charge in [0.2, 0.25) is 0 Å². The van der Waals surface area contributed by atoms with Gasteiger partial charge < -0.3 is 17.6 Å². The molecule has 0 aliphatic heterocycles. The van der Waals surface area contributed by atoms with Gasteiger partial charge in [-0.05, 0) is 18.1 Å². The van der Waals surface area contributed by atoms with Gasteiger partial charge in [0, 0.05) is 7.05 Å². The monoisotopic (exact) mass is 216 g/mol. The maximum atomic E-state index is 12.2. The molecule has 68 valence electrons. The average Bonchev–Trinajstić information content (AvgIpc) is 2.29. The SMILES string of the molecule is CCc1cc([B-](F)(F)F)n(C)n1.[K+]. The van der Waals surface area contributed by atoms with Crippen molar-refractivity contribution >= 4 is 12.6 Å². The first-order valence-electron chi connectivity index (χ1n) is 3.68. The first kappa shape index (κ1) is 13.7. The zero-order valence-corrected chi connectivity index (χ0v) is 11.0. The molecule has 0 bridgehead atoms. The molecule has 0 aromatic carbocycles. The summed E-state index contributed by atoms with van der Waals surface area (Å²) in [5.74, 6) is 0. The van der Waals surface area contributed by atoms with E-state index < -0.39 is 12.6 Å². The number of halogens is 3. The van der Waals surface area contributed by atoms with Crippen LogP contribution in [0.1, 0.15) is 12.6 Å². The molecule has 0 fully saturated rings. The molecular weight excluding hydrogens is 207 g/mol. The molecular formula is C6H9BF3KN2. The van der Waals surface area contributed by atoms with Crippen LogP contribution in [0.3, 0.4) is 0 Å². The Labute approximate surface area is 117 Å². The maximum absolute atomic E-state index is 12.2. The molecule has 1 heterocycles. The fourth-order valence-corrected chi connectivity index (χ4v) is 1.02. The molecule has 13 heavy (non-hydrogen) atoms. The molecule has 0 saturated carbocycles. The second-order valence-corrected chi connectivity index (χ2v) is 2.61. The van der Waals surface area contributed by atoms with Crippen molar-refractivity contribution in [1.29, 1.82) is 0 Å². The molecule has 0 aliphatic carbocycles. The number of hydrogen-bond donors (Lipinski definition) is 0. The zero-order chi connectivity index (χ0) is 9.35. The van der Waals surface area contributed by atoms with Gasteiger partial charge in [-0.2, -0.15) is 5.10 Å². The van der Waals surface area contributed by atoms with Crippen LogP contribution in [-0.4, -0.2) is 16.8 Å². The molecule has 0 saturated heterocycles. The molecule has 1 aromatic heterocycles. The topological polar surface area (TPSA) is 17.8 Å². The Bertz CT molecular complexity index is 284. The van der Waals surface area contributed by atoms with E-state index in [0.717, 1.165) is 10.7 Å². The van der Waals surface area contributed by atoms with E-state index in [0.29, 0.717) is 12.1 Å². The number of hydrogen-bond acceptors (Lipinski definition) is 1. The Kier molecular flexibility index (Phi) is 5.24. The summed E-state index contributed by atoms with van der Waals surface area (Å²) in [4.78, 5) is 0. The zero-order valence-electron chi connectivity index (χ0n) is 7.89. The molecule has 0 amide bonds. The largest absolute Gasteiger partial charge is 1.00 e. The number of rotatable bonds is 2. The predicted octanol–water partition coefficient (Wildman–Crippen LogP) is -1.96. The van der Waals surface area contributed by atoms with Gasteiger partial charge in [0.15, 0.2) is 0 Å². The van der Waals surface area contributed by atoms with Gasteiger partial charge in [0.25, 0.3) is 0 Å². The van der Waals surface area contributed by atoms with Gasteiger partial charge in [0.05, 0.1) is 5.69 Å². The quantitative estimate of drug-likeness (QED) is 0.525. The molecule has 0 N–H and O–H groups in total. The normalized spacial score (nSPS) is 11.2. The molecule has 2 nitrogen and oxygen atoms in total. The van der Waals surface area contributed by atoms with Crippen molar-refractivity contribution in [2.75, 3.05) is 0 Å². The second-order valence-electron chi connectivity index (χ2n) is 2.61. The van der Waals surface area contributed by atoms with Crippen LogP contribution < -0.4 is 57.0 Å². The van der Waals surface area contributed by atoms with E-state index in [-0.39, 0.29) is 51.4 Å². The Balaban J connectivity index is 0.00000144. The van der Waals surface area contributed by atoms with Crippen LogP contribution in [0.5, 0.6) is 0 Å². The Morgan fingerprint density at radius 2 is 2.00 bits per heavy atom. The molecule has 0 unspecified atom stereocenters. The third-order valence-electron chi connectivity index (χ3n) is 1.66. The van der Waals surface area contributed by atoms with Gasteiger partial charge in [-0.15, -0.1) is 0 Å². The molecule has 7 heteroatoms. The summed E-state index contributed by atoms with van der Waals surface area (Å²) in [6.07, 6.45) is 0.528. The summed E-state index contributed by atoms with van der Waals surface area (Å²) in [5, 5.41) is 3.71. The van der Waals surface area contributed by atoms with Gasteiger partial charge >= 0.3 is 58.4 Å². The molecule has 0 aliphatic rings. The predicted molar refractivity (Wildman–Crippen MR) is 41.3 cm³/mol. The Morgan fingerprint density at radius 1 is 1.46 bits per heavy atom. The third kappa shape index (κ3) is 3.39. The van der Waals surface area contributed by atoms with E-state index in [9.17, 15) is 12.9 Å². The van der Waals surface area contributed by atoms with E-state index in [4.69, 9.17) is 0 Å². The third-order valence-corrected chi connectivity index (χ3v) is 1.66. The second kappa shape index (κ2) is 4.97.